The van der Waals surface area contributed by atoms with Crippen LogP contribution in [0.2, 0.25) is 0 Å². The Balaban J connectivity index is 1.15. The van der Waals surface area contributed by atoms with Crippen molar-refractivity contribution < 1.29 is 4.79 Å². The lowest BCUT2D eigenvalue weighted by Crippen LogP contribution is -2.39. The van der Waals surface area contributed by atoms with Gasteiger partial charge < -0.3 is 14.8 Å². The van der Waals surface area contributed by atoms with E-state index in [0.717, 1.165) is 60.3 Å². The number of carbonyl (C=O) groups excluding carboxylic acids is 1. The molecule has 0 spiro atoms. The molecule has 4 aromatic rings. The van der Waals surface area contributed by atoms with E-state index in [2.05, 4.69) is 81.3 Å². The number of rotatable bonds is 11. The minimum Gasteiger partial charge on any atom is -0.356 e. The van der Waals surface area contributed by atoms with E-state index in [4.69, 9.17) is 4.98 Å². The van der Waals surface area contributed by atoms with E-state index in [0.29, 0.717) is 17.6 Å². The highest BCUT2D eigenvalue weighted by Crippen LogP contribution is 2.29. The van der Waals surface area contributed by atoms with Crippen molar-refractivity contribution in [1.82, 2.24) is 30.0 Å². The molecular weight excluding hydrogens is 492 g/mol. The number of thioether (sulfide) groups is 1. The lowest BCUT2D eigenvalue weighted by Gasteiger charge is -2.33. The number of hydrogen-bond donors (Lipinski definition) is 1. The average molecular weight is 531 g/mol. The first-order valence-corrected chi connectivity index (χ1v) is 14.9. The summed E-state index contributed by atoms with van der Waals surface area (Å²) in [5.41, 5.74) is 5.21. The molecule has 3 heterocycles. The number of nitrogens with zero attached hydrogens (tertiary/aromatic N) is 5. The van der Waals surface area contributed by atoms with Gasteiger partial charge >= 0.3 is 0 Å². The molecule has 0 radical (unpaired) electrons. The highest BCUT2D eigenvalue weighted by atomic mass is 32.2. The number of carbonyl (C=O) groups is 1. The van der Waals surface area contributed by atoms with E-state index in [1.807, 2.05) is 6.07 Å². The van der Waals surface area contributed by atoms with Gasteiger partial charge in [-0.05, 0) is 63.8 Å². The Kier molecular flexibility index (Phi) is 8.91. The summed E-state index contributed by atoms with van der Waals surface area (Å²) >= 11 is 1.57. The Hall–Kier alpha value is -2.97. The Morgan fingerprint density at radius 2 is 1.97 bits per heavy atom. The summed E-state index contributed by atoms with van der Waals surface area (Å²) in [6.07, 6.45) is 6.27. The first kappa shape index (κ1) is 26.6. The monoisotopic (exact) mass is 530 g/mol. The Bertz CT molecular complexity index is 1370. The van der Waals surface area contributed by atoms with Crippen LogP contribution in [0.4, 0.5) is 0 Å². The van der Waals surface area contributed by atoms with Gasteiger partial charge in [-0.25, -0.2) is 4.98 Å². The highest BCUT2D eigenvalue weighted by molar-refractivity contribution is 7.99. The minimum atomic E-state index is 0.130. The summed E-state index contributed by atoms with van der Waals surface area (Å²) in [5, 5.41) is 13.8. The Labute approximate surface area is 229 Å². The lowest BCUT2D eigenvalue weighted by atomic mass is 10.0. The molecule has 2 aromatic carbocycles. The molecule has 5 rings (SSSR count). The fraction of sp³-hybridized carbons (Fsp3) is 0.467. The summed E-state index contributed by atoms with van der Waals surface area (Å²) in [7, 11) is 0. The molecule has 0 saturated carbocycles. The zero-order chi connectivity index (χ0) is 26.3. The molecule has 1 aliphatic heterocycles. The molecule has 7 nitrogen and oxygen atoms in total. The second-order valence-corrected chi connectivity index (χ2v) is 11.5. The highest BCUT2D eigenvalue weighted by Gasteiger charge is 2.18. The van der Waals surface area contributed by atoms with E-state index in [1.54, 1.807) is 11.8 Å². The first-order valence-electron chi connectivity index (χ1n) is 13.9. The molecule has 38 heavy (non-hydrogen) atoms. The molecular formula is C30H38N6OS. The van der Waals surface area contributed by atoms with Gasteiger partial charge in [0.25, 0.3) is 0 Å². The van der Waals surface area contributed by atoms with Gasteiger partial charge in [-0.3, -0.25) is 4.79 Å². The zero-order valence-corrected chi connectivity index (χ0v) is 23.3. The largest absolute Gasteiger partial charge is 0.356 e. The van der Waals surface area contributed by atoms with Gasteiger partial charge in [0.1, 0.15) is 5.52 Å². The normalized spacial score (nSPS) is 16.3. The molecule has 1 saturated heterocycles. The van der Waals surface area contributed by atoms with Crippen LogP contribution in [0.15, 0.2) is 53.7 Å². The molecule has 0 bridgehead atoms. The van der Waals surface area contributed by atoms with Crippen molar-refractivity contribution in [2.75, 3.05) is 25.4 Å². The third-order valence-electron chi connectivity index (χ3n) is 7.45. The van der Waals surface area contributed by atoms with Gasteiger partial charge in [-0.1, -0.05) is 60.1 Å². The van der Waals surface area contributed by atoms with Crippen LogP contribution in [0.1, 0.15) is 56.6 Å². The maximum absolute atomic E-state index is 12.3. The third kappa shape index (κ3) is 6.53. The number of piperidine rings is 1. The number of nitrogens with one attached hydrogen (secondary N) is 1. The average Bonchev–Trinajstić information content (AvgIpc) is 3.22. The smallest absolute Gasteiger partial charge is 0.220 e. The summed E-state index contributed by atoms with van der Waals surface area (Å²) in [6.45, 7) is 8.16. The van der Waals surface area contributed by atoms with Crippen LogP contribution < -0.4 is 5.32 Å². The predicted molar refractivity (Wildman–Crippen MR) is 156 cm³/mol. The maximum atomic E-state index is 12.3. The predicted octanol–water partition coefficient (Wildman–Crippen LogP) is 5.59. The van der Waals surface area contributed by atoms with Gasteiger partial charge in [0, 0.05) is 43.2 Å². The van der Waals surface area contributed by atoms with Crippen LogP contribution in [0, 0.1) is 6.92 Å². The molecule has 8 heteroatoms. The molecule has 200 valence electrons. The van der Waals surface area contributed by atoms with Crippen LogP contribution in [-0.4, -0.2) is 62.0 Å². The summed E-state index contributed by atoms with van der Waals surface area (Å²) in [6, 6.07) is 17.5. The molecule has 1 atom stereocenters. The van der Waals surface area contributed by atoms with E-state index in [9.17, 15) is 4.79 Å². The van der Waals surface area contributed by atoms with Crippen LogP contribution >= 0.6 is 11.8 Å². The second kappa shape index (κ2) is 12.7. The molecule has 0 aliphatic carbocycles. The molecule has 2 aromatic heterocycles. The third-order valence-corrected chi connectivity index (χ3v) is 8.37. The molecule has 1 amide bonds. The minimum absolute atomic E-state index is 0.130. The number of amides is 1. The van der Waals surface area contributed by atoms with Crippen LogP contribution in [-0.2, 0) is 11.3 Å². The molecule has 1 fully saturated rings. The van der Waals surface area contributed by atoms with Crippen molar-refractivity contribution in [2.24, 2.45) is 0 Å². The molecule has 1 N–H and O–H groups in total. The van der Waals surface area contributed by atoms with Gasteiger partial charge in [0.15, 0.2) is 5.65 Å². The van der Waals surface area contributed by atoms with Gasteiger partial charge in [-0.2, -0.15) is 0 Å². The lowest BCUT2D eigenvalue weighted by molar-refractivity contribution is -0.121. The van der Waals surface area contributed by atoms with E-state index in [-0.39, 0.29) is 5.91 Å². The Morgan fingerprint density at radius 1 is 1.11 bits per heavy atom. The summed E-state index contributed by atoms with van der Waals surface area (Å²) in [4.78, 5) is 19.8. The van der Waals surface area contributed by atoms with Crippen LogP contribution in [0.25, 0.3) is 22.1 Å². The van der Waals surface area contributed by atoms with Gasteiger partial charge in [-0.15, -0.1) is 10.2 Å². The van der Waals surface area contributed by atoms with Crippen molar-refractivity contribution in [3.63, 3.8) is 0 Å². The van der Waals surface area contributed by atoms with E-state index < -0.39 is 0 Å². The first-order chi connectivity index (χ1) is 18.6. The standard InChI is InChI=1S/C30H38N6OS/c1-22-14-15-26-25(20-22)28-29(36(26)21-24-11-4-3-5-12-24)32-30(34-33-28)38-19-8-13-27(37)31-16-9-18-35-17-7-6-10-23(35)2/h3-5,11-12,14-15,20,23H,6-10,13,16-19,21H2,1-2H3,(H,31,37). The Morgan fingerprint density at radius 3 is 2.82 bits per heavy atom. The van der Waals surface area contributed by atoms with Crippen LogP contribution in [0.5, 0.6) is 0 Å². The zero-order valence-electron chi connectivity index (χ0n) is 22.5. The topological polar surface area (TPSA) is 75.9 Å². The van der Waals surface area contributed by atoms with Crippen molar-refractivity contribution in [3.05, 3.63) is 59.7 Å². The SMILES string of the molecule is Cc1ccc2c(c1)c1nnc(SCCCC(=O)NCCCN3CCCCC3C)nc1n2Cc1ccccc1. The number of aromatic nitrogens is 4. The van der Waals surface area contributed by atoms with Crippen molar-refractivity contribution in [3.8, 4) is 0 Å². The second-order valence-electron chi connectivity index (χ2n) is 10.4. The molecule has 1 unspecified atom stereocenters. The molecule has 1 aliphatic rings. The summed E-state index contributed by atoms with van der Waals surface area (Å²) in [5.74, 6) is 0.911. The fourth-order valence-electron chi connectivity index (χ4n) is 5.33. The van der Waals surface area contributed by atoms with Gasteiger partial charge in [0.05, 0.1) is 5.52 Å². The van der Waals surface area contributed by atoms with E-state index in [1.165, 1.54) is 36.9 Å². The van der Waals surface area contributed by atoms with Crippen molar-refractivity contribution in [2.45, 2.75) is 70.1 Å². The summed E-state index contributed by atoms with van der Waals surface area (Å²) < 4.78 is 2.23. The quantitative estimate of drug-likeness (QED) is 0.201. The van der Waals surface area contributed by atoms with Crippen LogP contribution in [0.3, 0.4) is 0 Å². The number of hydrogen-bond acceptors (Lipinski definition) is 6. The van der Waals surface area contributed by atoms with Gasteiger partial charge in [0.2, 0.25) is 11.1 Å². The maximum Gasteiger partial charge on any atom is 0.220 e. The number of fused-ring (bicyclic) bond motifs is 3. The number of benzene rings is 2. The fourth-order valence-corrected chi connectivity index (χ4v) is 6.05. The van der Waals surface area contributed by atoms with Crippen molar-refractivity contribution in [1.29, 1.82) is 0 Å². The van der Waals surface area contributed by atoms with Crippen molar-refractivity contribution >= 4 is 39.7 Å². The number of likely N-dealkylation sites (tertiary alicyclic amines) is 1. The van der Waals surface area contributed by atoms with E-state index >= 15 is 0 Å². The number of aryl methyl sites for hydroxylation is 1.